The van der Waals surface area contributed by atoms with E-state index in [1.165, 1.54) is 23.5 Å². The molecule has 0 saturated carbocycles. The summed E-state index contributed by atoms with van der Waals surface area (Å²) < 4.78 is 19.6. The average Bonchev–Trinajstić information content (AvgIpc) is 3.37. The zero-order valence-electron chi connectivity index (χ0n) is 15.6. The van der Waals surface area contributed by atoms with Crippen LogP contribution in [0.15, 0.2) is 50.5 Å². The summed E-state index contributed by atoms with van der Waals surface area (Å²) in [5.41, 5.74) is 1.88. The molecule has 0 amide bonds. The minimum absolute atomic E-state index is 0.00611. The fraction of sp³-hybridized carbons (Fsp3) is 0.350. The average molecular weight is 480 g/mol. The third-order valence-electron chi connectivity index (χ3n) is 4.97. The summed E-state index contributed by atoms with van der Waals surface area (Å²) in [6, 6.07) is 3.68. The van der Waals surface area contributed by atoms with Crippen LogP contribution in [0.2, 0.25) is 0 Å². The smallest absolute Gasteiger partial charge is 0.338 e. The Labute approximate surface area is 179 Å². The van der Waals surface area contributed by atoms with Crippen molar-refractivity contribution in [3.63, 3.8) is 0 Å². The van der Waals surface area contributed by atoms with Gasteiger partial charge in [0, 0.05) is 40.8 Å². The number of nitrogens with zero attached hydrogens (tertiary/aromatic N) is 3. The second kappa shape index (κ2) is 8.33. The molecule has 0 aliphatic carbocycles. The molecule has 2 aromatic rings. The van der Waals surface area contributed by atoms with Crippen molar-refractivity contribution in [2.24, 2.45) is 10.9 Å². The maximum Gasteiger partial charge on any atom is 0.338 e. The zero-order valence-corrected chi connectivity index (χ0v) is 18.0. The number of amidine groups is 1. The van der Waals surface area contributed by atoms with E-state index < -0.39 is 12.0 Å². The number of fused-ring (bicyclic) bond motifs is 1. The molecule has 2 aliphatic heterocycles. The molecule has 0 bridgehead atoms. The number of esters is 1. The number of aliphatic hydroxyl groups is 1. The lowest BCUT2D eigenvalue weighted by Gasteiger charge is -2.32. The van der Waals surface area contributed by atoms with E-state index in [0.29, 0.717) is 34.4 Å². The number of benzene rings is 1. The van der Waals surface area contributed by atoms with E-state index in [2.05, 4.69) is 20.9 Å². The lowest BCUT2D eigenvalue weighted by molar-refractivity contribution is -0.139. The Hall–Kier alpha value is -2.10. The third kappa shape index (κ3) is 3.74. The topological polar surface area (TPSA) is 75.0 Å². The summed E-state index contributed by atoms with van der Waals surface area (Å²) in [7, 11) is 0. The number of thiazole rings is 1. The first-order valence-corrected chi connectivity index (χ1v) is 10.9. The SMILES string of the molecule is CCOC(=O)C1=C2C[C@@H](CO)CN2C(c2nccs2)=NC1c1ccc(F)cc1Br. The summed E-state index contributed by atoms with van der Waals surface area (Å²) in [5, 5.41) is 12.3. The van der Waals surface area contributed by atoms with Gasteiger partial charge in [-0.15, -0.1) is 11.3 Å². The predicted molar refractivity (Wildman–Crippen MR) is 111 cm³/mol. The second-order valence-electron chi connectivity index (χ2n) is 6.80. The van der Waals surface area contributed by atoms with Crippen molar-refractivity contribution in [1.82, 2.24) is 9.88 Å². The Morgan fingerprint density at radius 1 is 1.48 bits per heavy atom. The van der Waals surface area contributed by atoms with E-state index in [-0.39, 0.29) is 24.9 Å². The molecule has 1 aromatic heterocycles. The molecule has 1 saturated heterocycles. The maximum absolute atomic E-state index is 13.7. The molecule has 4 rings (SSSR count). The maximum atomic E-state index is 13.7. The lowest BCUT2D eigenvalue weighted by atomic mass is 9.94. The van der Waals surface area contributed by atoms with E-state index in [1.54, 1.807) is 19.2 Å². The number of hydrogen-bond donors (Lipinski definition) is 1. The van der Waals surface area contributed by atoms with Gasteiger partial charge in [0.05, 0.1) is 12.2 Å². The van der Waals surface area contributed by atoms with Crippen LogP contribution in [-0.4, -0.2) is 46.6 Å². The van der Waals surface area contributed by atoms with E-state index in [1.807, 2.05) is 10.3 Å². The van der Waals surface area contributed by atoms with E-state index in [0.717, 1.165) is 10.7 Å². The van der Waals surface area contributed by atoms with Crippen LogP contribution >= 0.6 is 27.3 Å². The molecule has 29 heavy (non-hydrogen) atoms. The molecule has 1 unspecified atom stereocenters. The molecule has 1 fully saturated rings. The molecule has 2 aliphatic rings. The molecule has 152 valence electrons. The van der Waals surface area contributed by atoms with Gasteiger partial charge in [-0.05, 0) is 31.0 Å². The highest BCUT2D eigenvalue weighted by Crippen LogP contribution is 2.43. The molecule has 1 aromatic carbocycles. The van der Waals surface area contributed by atoms with Crippen LogP contribution in [0, 0.1) is 11.7 Å². The molecule has 6 nitrogen and oxygen atoms in total. The fourth-order valence-electron chi connectivity index (χ4n) is 3.71. The molecule has 2 atom stereocenters. The van der Waals surface area contributed by atoms with Crippen LogP contribution in [0.5, 0.6) is 0 Å². The Kier molecular flexibility index (Phi) is 5.80. The Morgan fingerprint density at radius 3 is 2.97 bits per heavy atom. The minimum Gasteiger partial charge on any atom is -0.463 e. The van der Waals surface area contributed by atoms with Gasteiger partial charge < -0.3 is 14.7 Å². The number of aromatic nitrogens is 1. The lowest BCUT2D eigenvalue weighted by Crippen LogP contribution is -2.35. The van der Waals surface area contributed by atoms with Gasteiger partial charge in [0.1, 0.15) is 11.9 Å². The highest BCUT2D eigenvalue weighted by molar-refractivity contribution is 9.10. The third-order valence-corrected chi connectivity index (χ3v) is 6.43. The second-order valence-corrected chi connectivity index (χ2v) is 8.55. The number of halogens is 2. The van der Waals surface area contributed by atoms with E-state index >= 15 is 0 Å². The highest BCUT2D eigenvalue weighted by atomic mass is 79.9. The van der Waals surface area contributed by atoms with Gasteiger partial charge in [0.15, 0.2) is 10.8 Å². The van der Waals surface area contributed by atoms with Gasteiger partial charge in [-0.3, -0.25) is 4.99 Å². The first-order valence-electron chi connectivity index (χ1n) is 9.24. The van der Waals surface area contributed by atoms with Crippen molar-refractivity contribution in [3.8, 4) is 0 Å². The summed E-state index contributed by atoms with van der Waals surface area (Å²) >= 11 is 4.87. The van der Waals surface area contributed by atoms with Crippen molar-refractivity contribution in [2.45, 2.75) is 19.4 Å². The molecular formula is C20H19BrFN3O3S. The number of ether oxygens (including phenoxy) is 1. The van der Waals surface area contributed by atoms with E-state index in [9.17, 15) is 14.3 Å². The van der Waals surface area contributed by atoms with Crippen molar-refractivity contribution in [3.05, 3.63) is 61.9 Å². The van der Waals surface area contributed by atoms with Gasteiger partial charge in [-0.1, -0.05) is 22.0 Å². The molecule has 9 heteroatoms. The van der Waals surface area contributed by atoms with Crippen LogP contribution in [0.3, 0.4) is 0 Å². The van der Waals surface area contributed by atoms with Crippen LogP contribution in [0.4, 0.5) is 4.39 Å². The summed E-state index contributed by atoms with van der Waals surface area (Å²) in [6.45, 7) is 2.54. The van der Waals surface area contributed by atoms with Gasteiger partial charge in [-0.2, -0.15) is 0 Å². The first kappa shape index (κ1) is 20.2. The predicted octanol–water partition coefficient (Wildman–Crippen LogP) is 3.68. The van der Waals surface area contributed by atoms with Crippen LogP contribution < -0.4 is 0 Å². The number of aliphatic imine (C=N–C) groups is 1. The van der Waals surface area contributed by atoms with Crippen molar-refractivity contribution >= 4 is 39.1 Å². The molecular weight excluding hydrogens is 461 g/mol. The number of carbonyl (C=O) groups excluding carboxylic acids is 1. The molecule has 1 N–H and O–H groups in total. The summed E-state index contributed by atoms with van der Waals surface area (Å²) in [4.78, 5) is 24.2. The van der Waals surface area contributed by atoms with Crippen LogP contribution in [0.1, 0.15) is 30.0 Å². The fourth-order valence-corrected chi connectivity index (χ4v) is 4.92. The number of rotatable bonds is 5. The van der Waals surface area contributed by atoms with Crippen molar-refractivity contribution < 1.29 is 19.0 Å². The molecule has 3 heterocycles. The minimum atomic E-state index is -0.661. The molecule has 0 radical (unpaired) electrons. The highest BCUT2D eigenvalue weighted by Gasteiger charge is 2.42. The quantitative estimate of drug-likeness (QED) is 0.662. The molecule has 0 spiro atoms. The monoisotopic (exact) mass is 479 g/mol. The number of allylic oxidation sites excluding steroid dienone is 1. The Bertz CT molecular complexity index is 993. The Morgan fingerprint density at radius 2 is 2.31 bits per heavy atom. The number of carbonyl (C=O) groups is 1. The standard InChI is InChI=1S/C20H19BrFN3O3S/c1-2-28-20(27)16-15-7-11(10-26)9-25(15)18(19-23-5-6-29-19)24-17(16)13-4-3-12(22)8-14(13)21/h3-6,8,11,17,26H,2,7,9-10H2,1H3/t11-,17?/m1/s1. The van der Waals surface area contributed by atoms with Gasteiger partial charge >= 0.3 is 5.97 Å². The van der Waals surface area contributed by atoms with E-state index in [4.69, 9.17) is 9.73 Å². The normalized spacial score (nSPS) is 21.2. The van der Waals surface area contributed by atoms with Crippen molar-refractivity contribution in [2.75, 3.05) is 19.8 Å². The van der Waals surface area contributed by atoms with Crippen LogP contribution in [0.25, 0.3) is 0 Å². The van der Waals surface area contributed by atoms with Crippen LogP contribution in [-0.2, 0) is 9.53 Å². The van der Waals surface area contributed by atoms with Gasteiger partial charge in [-0.25, -0.2) is 14.2 Å². The zero-order chi connectivity index (χ0) is 20.5. The van der Waals surface area contributed by atoms with Gasteiger partial charge in [0.25, 0.3) is 0 Å². The summed E-state index contributed by atoms with van der Waals surface area (Å²) in [5.74, 6) is -0.196. The number of aliphatic hydroxyl groups excluding tert-OH is 1. The van der Waals surface area contributed by atoms with Gasteiger partial charge in [0.2, 0.25) is 0 Å². The summed E-state index contributed by atoms with van der Waals surface area (Å²) in [6.07, 6.45) is 2.24. The largest absolute Gasteiger partial charge is 0.463 e. The van der Waals surface area contributed by atoms with Crippen molar-refractivity contribution in [1.29, 1.82) is 0 Å². The Balaban J connectivity index is 1.91. The first-order chi connectivity index (χ1) is 14.0. The number of hydrogen-bond acceptors (Lipinski definition) is 7.